The Kier molecular flexibility index (Phi) is 3.84. The van der Waals surface area contributed by atoms with Crippen molar-refractivity contribution in [3.63, 3.8) is 0 Å². The number of nitrogens with zero attached hydrogens (tertiary/aromatic N) is 3. The van der Waals surface area contributed by atoms with Gasteiger partial charge in [-0.2, -0.15) is 5.10 Å². The Morgan fingerprint density at radius 3 is 2.95 bits per heavy atom. The second kappa shape index (κ2) is 5.40. The van der Waals surface area contributed by atoms with Gasteiger partial charge >= 0.3 is 5.97 Å². The highest BCUT2D eigenvalue weighted by atomic mass is 32.1. The highest BCUT2D eigenvalue weighted by Gasteiger charge is 2.16. The van der Waals surface area contributed by atoms with Gasteiger partial charge in [0, 0.05) is 10.9 Å². The molecule has 6 nitrogen and oxygen atoms in total. The Balaban J connectivity index is 2.14. The van der Waals surface area contributed by atoms with Crippen LogP contribution in [0.2, 0.25) is 0 Å². The molecule has 2 aromatic rings. The van der Waals surface area contributed by atoms with Crippen LogP contribution in [0.4, 0.5) is 0 Å². The van der Waals surface area contributed by atoms with Gasteiger partial charge in [-0.3, -0.25) is 0 Å². The topological polar surface area (TPSA) is 77.2 Å². The second-order valence-corrected chi connectivity index (χ2v) is 5.62. The van der Waals surface area contributed by atoms with Gasteiger partial charge in [0.05, 0.1) is 0 Å². The van der Waals surface area contributed by atoms with Crippen LogP contribution in [-0.2, 0) is 6.61 Å². The lowest BCUT2D eigenvalue weighted by Crippen LogP contribution is -2.11. The largest absolute Gasteiger partial charge is 0.484 e. The summed E-state index contributed by atoms with van der Waals surface area (Å²) < 4.78 is 7.31. The van der Waals surface area contributed by atoms with Gasteiger partial charge in [-0.1, -0.05) is 0 Å². The summed E-state index contributed by atoms with van der Waals surface area (Å²) in [5.41, 5.74) is 0. The first kappa shape index (κ1) is 13.5. The average molecular weight is 281 g/mol. The predicted molar refractivity (Wildman–Crippen MR) is 70.8 cm³/mol. The van der Waals surface area contributed by atoms with Crippen molar-refractivity contribution in [2.75, 3.05) is 0 Å². The molecule has 7 heteroatoms. The van der Waals surface area contributed by atoms with Crippen LogP contribution in [0.3, 0.4) is 0 Å². The van der Waals surface area contributed by atoms with Gasteiger partial charge in [-0.15, -0.1) is 11.3 Å². The van der Waals surface area contributed by atoms with E-state index in [-0.39, 0.29) is 17.5 Å². The number of aryl methyl sites for hydroxylation is 1. The summed E-state index contributed by atoms with van der Waals surface area (Å²) in [6.07, 6.45) is 1.47. The fraction of sp³-hybridized carbons (Fsp3) is 0.417. The van der Waals surface area contributed by atoms with E-state index in [9.17, 15) is 4.79 Å². The van der Waals surface area contributed by atoms with E-state index >= 15 is 0 Å². The van der Waals surface area contributed by atoms with Crippen LogP contribution in [0.15, 0.2) is 12.4 Å². The average Bonchev–Trinajstić information content (AvgIpc) is 2.92. The summed E-state index contributed by atoms with van der Waals surface area (Å²) >= 11 is 1.20. The third kappa shape index (κ3) is 2.93. The first-order valence-corrected chi connectivity index (χ1v) is 6.65. The molecule has 2 aromatic heterocycles. The molecule has 0 amide bonds. The quantitative estimate of drug-likeness (QED) is 0.911. The van der Waals surface area contributed by atoms with Gasteiger partial charge in [-0.25, -0.2) is 14.5 Å². The number of hydrogen-bond donors (Lipinski definition) is 1. The van der Waals surface area contributed by atoms with Gasteiger partial charge in [0.15, 0.2) is 10.7 Å². The lowest BCUT2D eigenvalue weighted by Gasteiger charge is -2.10. The number of ether oxygens (including phenoxy) is 1. The number of carboxylic acids is 1. The SMILES string of the molecule is Cc1cc(OCc2ncnn2C(C)C)c(C(=O)O)s1. The van der Waals surface area contributed by atoms with Crippen LogP contribution in [0.25, 0.3) is 0 Å². The van der Waals surface area contributed by atoms with Crippen LogP contribution in [0.1, 0.15) is 40.3 Å². The van der Waals surface area contributed by atoms with E-state index < -0.39 is 5.97 Å². The van der Waals surface area contributed by atoms with Gasteiger partial charge in [0.25, 0.3) is 0 Å². The minimum absolute atomic E-state index is 0.184. The number of thiophene rings is 1. The minimum Gasteiger partial charge on any atom is -0.484 e. The number of hydrogen-bond acceptors (Lipinski definition) is 5. The maximum Gasteiger partial charge on any atom is 0.349 e. The molecule has 0 fully saturated rings. The van der Waals surface area contributed by atoms with Gasteiger partial charge < -0.3 is 9.84 Å². The van der Waals surface area contributed by atoms with Crippen molar-refractivity contribution in [3.05, 3.63) is 28.0 Å². The van der Waals surface area contributed by atoms with E-state index in [1.165, 1.54) is 17.7 Å². The van der Waals surface area contributed by atoms with E-state index in [2.05, 4.69) is 10.1 Å². The van der Waals surface area contributed by atoms with Crippen molar-refractivity contribution >= 4 is 17.3 Å². The van der Waals surface area contributed by atoms with Crippen LogP contribution >= 0.6 is 11.3 Å². The normalized spacial score (nSPS) is 10.9. The summed E-state index contributed by atoms with van der Waals surface area (Å²) in [5, 5.41) is 13.2. The molecule has 1 N–H and O–H groups in total. The molecule has 0 aliphatic heterocycles. The third-order valence-corrected chi connectivity index (χ3v) is 3.53. The maximum atomic E-state index is 11.1. The first-order chi connectivity index (χ1) is 8.99. The van der Waals surface area contributed by atoms with Crippen molar-refractivity contribution in [3.8, 4) is 5.75 Å². The molecule has 0 spiro atoms. The van der Waals surface area contributed by atoms with Crippen molar-refractivity contribution in [2.45, 2.75) is 33.4 Å². The van der Waals surface area contributed by atoms with Crippen LogP contribution < -0.4 is 4.74 Å². The van der Waals surface area contributed by atoms with Crippen LogP contribution in [0.5, 0.6) is 5.75 Å². The Bertz CT molecular complexity index is 589. The summed E-state index contributed by atoms with van der Waals surface area (Å²) in [6.45, 7) is 6.04. The fourth-order valence-corrected chi connectivity index (χ4v) is 2.49. The van der Waals surface area contributed by atoms with E-state index in [1.54, 1.807) is 10.7 Å². The predicted octanol–water partition coefficient (Wildman–Crippen LogP) is 2.51. The van der Waals surface area contributed by atoms with Crippen molar-refractivity contribution in [1.82, 2.24) is 14.8 Å². The molecule has 0 aliphatic rings. The number of rotatable bonds is 5. The molecule has 0 radical (unpaired) electrons. The molecule has 102 valence electrons. The molecule has 2 rings (SSSR count). The summed E-state index contributed by atoms with van der Waals surface area (Å²) in [4.78, 5) is 16.3. The highest BCUT2D eigenvalue weighted by Crippen LogP contribution is 2.29. The zero-order valence-corrected chi connectivity index (χ0v) is 11.8. The summed E-state index contributed by atoms with van der Waals surface area (Å²) in [6, 6.07) is 1.91. The maximum absolute atomic E-state index is 11.1. The number of aromatic nitrogens is 3. The molecule has 0 aromatic carbocycles. The summed E-state index contributed by atoms with van der Waals surface area (Å²) in [5.74, 6) is 0.0851. The van der Waals surface area contributed by atoms with Gasteiger partial charge in [0.2, 0.25) is 0 Å². The van der Waals surface area contributed by atoms with Crippen molar-refractivity contribution in [2.24, 2.45) is 0 Å². The number of carboxylic acid groups (broad SMARTS) is 1. The van der Waals surface area contributed by atoms with Crippen LogP contribution in [0, 0.1) is 6.92 Å². The third-order valence-electron chi connectivity index (χ3n) is 2.51. The molecule has 0 saturated carbocycles. The molecule has 0 aliphatic carbocycles. The van der Waals surface area contributed by atoms with E-state index in [1.807, 2.05) is 20.8 Å². The molecular weight excluding hydrogens is 266 g/mol. The molecule has 0 unspecified atom stereocenters. The molecule has 0 bridgehead atoms. The summed E-state index contributed by atoms with van der Waals surface area (Å²) in [7, 11) is 0. The fourth-order valence-electron chi connectivity index (χ4n) is 1.70. The van der Waals surface area contributed by atoms with Gasteiger partial charge in [0.1, 0.15) is 18.7 Å². The zero-order valence-electron chi connectivity index (χ0n) is 11.0. The Hall–Kier alpha value is -1.89. The standard InChI is InChI=1S/C12H15N3O3S/c1-7(2)15-10(13-6-14-15)5-18-9-4-8(3)19-11(9)12(16)17/h4,6-7H,5H2,1-3H3,(H,16,17). The van der Waals surface area contributed by atoms with E-state index in [0.29, 0.717) is 11.6 Å². The Labute approximate surface area is 114 Å². The molecule has 2 heterocycles. The lowest BCUT2D eigenvalue weighted by atomic mass is 10.4. The second-order valence-electron chi connectivity index (χ2n) is 4.36. The molecule has 0 atom stereocenters. The molecular formula is C12H15N3O3S. The van der Waals surface area contributed by atoms with Crippen molar-refractivity contribution < 1.29 is 14.6 Å². The number of aromatic carboxylic acids is 1. The highest BCUT2D eigenvalue weighted by molar-refractivity contribution is 7.14. The van der Waals surface area contributed by atoms with Gasteiger partial charge in [-0.05, 0) is 26.8 Å². The van der Waals surface area contributed by atoms with E-state index in [4.69, 9.17) is 9.84 Å². The molecule has 0 saturated heterocycles. The van der Waals surface area contributed by atoms with Crippen molar-refractivity contribution in [1.29, 1.82) is 0 Å². The smallest absolute Gasteiger partial charge is 0.349 e. The minimum atomic E-state index is -0.974. The zero-order chi connectivity index (χ0) is 14.0. The Morgan fingerprint density at radius 1 is 1.58 bits per heavy atom. The number of carbonyl (C=O) groups is 1. The Morgan fingerprint density at radius 2 is 2.32 bits per heavy atom. The lowest BCUT2D eigenvalue weighted by molar-refractivity contribution is 0.0697. The van der Waals surface area contributed by atoms with E-state index in [0.717, 1.165) is 4.88 Å². The first-order valence-electron chi connectivity index (χ1n) is 5.84. The van der Waals surface area contributed by atoms with Crippen LogP contribution in [-0.4, -0.2) is 25.8 Å². The molecule has 19 heavy (non-hydrogen) atoms. The monoisotopic (exact) mass is 281 g/mol.